The van der Waals surface area contributed by atoms with Gasteiger partial charge in [-0.2, -0.15) is 0 Å². The molecule has 0 bridgehead atoms. The van der Waals surface area contributed by atoms with Crippen molar-refractivity contribution in [2.24, 2.45) is 5.73 Å². The molecular formula is C11H14N2O4. The van der Waals surface area contributed by atoms with Gasteiger partial charge in [-0.05, 0) is 17.7 Å². The number of aliphatic carboxylic acids is 1. The number of carbonyl (C=O) groups excluding carboxylic acids is 1. The summed E-state index contributed by atoms with van der Waals surface area (Å²) in [7, 11) is 0. The maximum atomic E-state index is 11.4. The van der Waals surface area contributed by atoms with Crippen molar-refractivity contribution in [3.8, 4) is 5.75 Å². The molecule has 0 aliphatic rings. The van der Waals surface area contributed by atoms with Crippen molar-refractivity contribution < 1.29 is 19.8 Å². The predicted molar refractivity (Wildman–Crippen MR) is 60.2 cm³/mol. The standard InChI is InChI=1S/C11H14N2O4/c12-9(5-10(15)16)11(17)13-6-7-1-3-8(14)4-2-7/h1-4,9,14H,5-6,12H2,(H,13,17)(H,15,16). The van der Waals surface area contributed by atoms with Crippen LogP contribution in [0.25, 0.3) is 0 Å². The zero-order valence-electron chi connectivity index (χ0n) is 9.09. The zero-order chi connectivity index (χ0) is 12.8. The van der Waals surface area contributed by atoms with E-state index in [0.717, 1.165) is 5.56 Å². The molecule has 0 heterocycles. The van der Waals surface area contributed by atoms with Crippen LogP contribution in [0.5, 0.6) is 5.75 Å². The minimum atomic E-state index is -1.11. The third-order valence-electron chi connectivity index (χ3n) is 2.13. The summed E-state index contributed by atoms with van der Waals surface area (Å²) < 4.78 is 0. The number of carbonyl (C=O) groups is 2. The third kappa shape index (κ3) is 4.52. The fourth-order valence-corrected chi connectivity index (χ4v) is 1.21. The van der Waals surface area contributed by atoms with E-state index in [9.17, 15) is 9.59 Å². The molecular weight excluding hydrogens is 224 g/mol. The van der Waals surface area contributed by atoms with Crippen LogP contribution in [0.2, 0.25) is 0 Å². The van der Waals surface area contributed by atoms with E-state index in [2.05, 4.69) is 5.32 Å². The van der Waals surface area contributed by atoms with Crippen LogP contribution in [-0.4, -0.2) is 28.1 Å². The highest BCUT2D eigenvalue weighted by Gasteiger charge is 2.16. The Bertz CT molecular complexity index is 402. The number of aromatic hydroxyl groups is 1. The number of carboxylic acids is 1. The second-order valence-electron chi connectivity index (χ2n) is 3.59. The molecule has 0 saturated heterocycles. The molecule has 1 unspecified atom stereocenters. The average molecular weight is 238 g/mol. The fraction of sp³-hybridized carbons (Fsp3) is 0.273. The summed E-state index contributed by atoms with van der Waals surface area (Å²) in [5, 5.41) is 20.0. The number of hydrogen-bond acceptors (Lipinski definition) is 4. The van der Waals surface area contributed by atoms with Gasteiger partial charge in [-0.3, -0.25) is 9.59 Å². The Balaban J connectivity index is 2.42. The van der Waals surface area contributed by atoms with E-state index in [1.807, 2.05) is 0 Å². The van der Waals surface area contributed by atoms with Crippen molar-refractivity contribution in [2.45, 2.75) is 19.0 Å². The molecule has 0 radical (unpaired) electrons. The molecule has 6 nitrogen and oxygen atoms in total. The van der Waals surface area contributed by atoms with Crippen LogP contribution >= 0.6 is 0 Å². The van der Waals surface area contributed by atoms with Gasteiger partial charge in [0.15, 0.2) is 0 Å². The molecule has 0 spiro atoms. The molecule has 92 valence electrons. The Kier molecular flexibility index (Phi) is 4.47. The first-order valence-electron chi connectivity index (χ1n) is 5.02. The van der Waals surface area contributed by atoms with E-state index >= 15 is 0 Å². The lowest BCUT2D eigenvalue weighted by molar-refractivity contribution is -0.139. The van der Waals surface area contributed by atoms with E-state index in [0.29, 0.717) is 0 Å². The van der Waals surface area contributed by atoms with Crippen LogP contribution in [0.1, 0.15) is 12.0 Å². The average Bonchev–Trinajstić information content (AvgIpc) is 2.27. The zero-order valence-corrected chi connectivity index (χ0v) is 9.09. The molecule has 0 fully saturated rings. The first-order valence-corrected chi connectivity index (χ1v) is 5.02. The first-order chi connectivity index (χ1) is 7.99. The Morgan fingerprint density at radius 2 is 1.88 bits per heavy atom. The van der Waals surface area contributed by atoms with Crippen molar-refractivity contribution in [3.63, 3.8) is 0 Å². The van der Waals surface area contributed by atoms with Crippen LogP contribution in [-0.2, 0) is 16.1 Å². The van der Waals surface area contributed by atoms with Gasteiger partial charge in [0.1, 0.15) is 5.75 Å². The molecule has 1 aromatic rings. The van der Waals surface area contributed by atoms with E-state index in [4.69, 9.17) is 15.9 Å². The van der Waals surface area contributed by atoms with Crippen molar-refractivity contribution >= 4 is 11.9 Å². The number of nitrogens with two attached hydrogens (primary N) is 1. The largest absolute Gasteiger partial charge is 0.508 e. The lowest BCUT2D eigenvalue weighted by Gasteiger charge is -2.10. The van der Waals surface area contributed by atoms with Crippen molar-refractivity contribution in [2.75, 3.05) is 0 Å². The lowest BCUT2D eigenvalue weighted by Crippen LogP contribution is -2.41. The molecule has 1 atom stereocenters. The van der Waals surface area contributed by atoms with Crippen LogP contribution < -0.4 is 11.1 Å². The summed E-state index contributed by atoms with van der Waals surface area (Å²) >= 11 is 0. The summed E-state index contributed by atoms with van der Waals surface area (Å²) in [6, 6.07) is 5.25. The van der Waals surface area contributed by atoms with E-state index < -0.39 is 24.3 Å². The molecule has 0 saturated carbocycles. The molecule has 1 aromatic carbocycles. The van der Waals surface area contributed by atoms with Crippen LogP contribution in [0, 0.1) is 0 Å². The van der Waals surface area contributed by atoms with Gasteiger partial charge in [0.05, 0.1) is 12.5 Å². The highest BCUT2D eigenvalue weighted by molar-refractivity contribution is 5.85. The Hall–Kier alpha value is -2.08. The molecule has 0 aromatic heterocycles. The van der Waals surface area contributed by atoms with Gasteiger partial charge < -0.3 is 21.3 Å². The van der Waals surface area contributed by atoms with Gasteiger partial charge in [0.25, 0.3) is 0 Å². The smallest absolute Gasteiger partial charge is 0.305 e. The molecule has 17 heavy (non-hydrogen) atoms. The van der Waals surface area contributed by atoms with E-state index in [-0.39, 0.29) is 12.3 Å². The topological polar surface area (TPSA) is 113 Å². The van der Waals surface area contributed by atoms with Gasteiger partial charge in [-0.15, -0.1) is 0 Å². The van der Waals surface area contributed by atoms with Gasteiger partial charge >= 0.3 is 5.97 Å². The number of amides is 1. The molecule has 0 aliphatic carbocycles. The second kappa shape index (κ2) is 5.86. The van der Waals surface area contributed by atoms with Crippen LogP contribution in [0.15, 0.2) is 24.3 Å². The summed E-state index contributed by atoms with van der Waals surface area (Å²) in [5.74, 6) is -1.49. The van der Waals surface area contributed by atoms with E-state index in [1.54, 1.807) is 12.1 Å². The predicted octanol–water partition coefficient (Wildman–Crippen LogP) is -0.190. The highest BCUT2D eigenvalue weighted by atomic mass is 16.4. The Morgan fingerprint density at radius 1 is 1.29 bits per heavy atom. The molecule has 1 amide bonds. The van der Waals surface area contributed by atoms with E-state index in [1.165, 1.54) is 12.1 Å². The quantitative estimate of drug-likeness (QED) is 0.568. The number of nitrogens with one attached hydrogen (secondary N) is 1. The number of hydrogen-bond donors (Lipinski definition) is 4. The summed E-state index contributed by atoms with van der Waals surface area (Å²) in [6.07, 6.45) is -0.401. The van der Waals surface area contributed by atoms with Gasteiger partial charge in [0.2, 0.25) is 5.91 Å². The number of carboxylic acid groups (broad SMARTS) is 1. The fourth-order valence-electron chi connectivity index (χ4n) is 1.21. The lowest BCUT2D eigenvalue weighted by atomic mass is 10.2. The van der Waals surface area contributed by atoms with Crippen LogP contribution in [0.4, 0.5) is 0 Å². The normalized spacial score (nSPS) is 11.8. The summed E-state index contributed by atoms with van der Waals surface area (Å²) in [5.41, 5.74) is 6.16. The van der Waals surface area contributed by atoms with Crippen molar-refractivity contribution in [1.29, 1.82) is 0 Å². The minimum Gasteiger partial charge on any atom is -0.508 e. The SMILES string of the molecule is NC(CC(=O)O)C(=O)NCc1ccc(O)cc1. The number of rotatable bonds is 5. The molecule has 6 heteroatoms. The minimum absolute atomic E-state index is 0.141. The summed E-state index contributed by atoms with van der Waals surface area (Å²) in [6.45, 7) is 0.242. The van der Waals surface area contributed by atoms with Gasteiger partial charge in [-0.1, -0.05) is 12.1 Å². The maximum Gasteiger partial charge on any atom is 0.305 e. The molecule has 1 rings (SSSR count). The molecule has 0 aliphatic heterocycles. The van der Waals surface area contributed by atoms with Crippen molar-refractivity contribution in [1.82, 2.24) is 5.32 Å². The monoisotopic (exact) mass is 238 g/mol. The maximum absolute atomic E-state index is 11.4. The summed E-state index contributed by atoms with van der Waals surface area (Å²) in [4.78, 5) is 21.7. The molecule has 5 N–H and O–H groups in total. The van der Waals surface area contributed by atoms with Crippen molar-refractivity contribution in [3.05, 3.63) is 29.8 Å². The highest BCUT2D eigenvalue weighted by Crippen LogP contribution is 2.09. The number of phenolic OH excluding ortho intramolecular Hbond substituents is 1. The Labute approximate surface area is 98.1 Å². The van der Waals surface area contributed by atoms with Gasteiger partial charge in [-0.25, -0.2) is 0 Å². The van der Waals surface area contributed by atoms with Gasteiger partial charge in [0, 0.05) is 6.54 Å². The first kappa shape index (κ1) is 13.0. The number of phenols is 1. The Morgan fingerprint density at radius 3 is 2.41 bits per heavy atom. The van der Waals surface area contributed by atoms with Crippen LogP contribution in [0.3, 0.4) is 0 Å². The number of benzene rings is 1. The second-order valence-corrected chi connectivity index (χ2v) is 3.59. The third-order valence-corrected chi connectivity index (χ3v) is 2.13.